The van der Waals surface area contributed by atoms with Crippen molar-refractivity contribution in [2.75, 3.05) is 18.5 Å². The molecule has 8 atom stereocenters. The Morgan fingerprint density at radius 3 is 2.62 bits per heavy atom. The van der Waals surface area contributed by atoms with Gasteiger partial charge in [-0.25, -0.2) is 4.79 Å². The van der Waals surface area contributed by atoms with Crippen LogP contribution in [0.4, 0.5) is 5.82 Å². The monoisotopic (exact) mass is 647 g/mol. The Morgan fingerprint density at radius 2 is 1.95 bits per heavy atom. The molecule has 0 aliphatic carbocycles. The van der Waals surface area contributed by atoms with E-state index in [9.17, 15) is 29.4 Å². The van der Waals surface area contributed by atoms with Gasteiger partial charge in [-0.1, -0.05) is 26.4 Å². The predicted octanol–water partition coefficient (Wildman–Crippen LogP) is 2.69. The Bertz CT molecular complexity index is 1140. The largest absolute Gasteiger partial charge is 0.387 e. The van der Waals surface area contributed by atoms with Crippen molar-refractivity contribution in [1.82, 2.24) is 14.9 Å². The first kappa shape index (κ1) is 36.1. The summed E-state index contributed by atoms with van der Waals surface area (Å²) in [6, 6.07) is 0.785. The molecule has 0 spiro atoms. The first-order chi connectivity index (χ1) is 20.2. The van der Waals surface area contributed by atoms with Gasteiger partial charge >= 0.3 is 5.69 Å². The Kier molecular flexibility index (Phi) is 17.2. The molecule has 1 aliphatic heterocycles. The summed E-state index contributed by atoms with van der Waals surface area (Å²) in [5.74, 6) is -0.436. The highest BCUT2D eigenvalue weighted by Crippen LogP contribution is 2.44. The molecule has 2 amide bonds. The lowest BCUT2D eigenvalue weighted by Crippen LogP contribution is -2.36. The minimum absolute atomic E-state index is 0.0180. The van der Waals surface area contributed by atoms with E-state index in [0.717, 1.165) is 23.8 Å². The Balaban J connectivity index is 1.77. The van der Waals surface area contributed by atoms with Crippen molar-refractivity contribution in [3.63, 3.8) is 0 Å². The number of aromatic nitrogens is 2. The fourth-order valence-electron chi connectivity index (χ4n) is 4.19. The number of aliphatic hydroxyl groups is 2. The van der Waals surface area contributed by atoms with Gasteiger partial charge in [0.1, 0.15) is 29.9 Å². The number of nitrogens with zero attached hydrogens (tertiary/aromatic N) is 5. The van der Waals surface area contributed by atoms with Crippen LogP contribution in [0.25, 0.3) is 10.4 Å². The highest BCUT2D eigenvalue weighted by atomic mass is 32.4. The summed E-state index contributed by atoms with van der Waals surface area (Å²) >= 11 is 0. The second-order valence-electron chi connectivity index (χ2n) is 9.64. The summed E-state index contributed by atoms with van der Waals surface area (Å²) in [4.78, 5) is 55.1. The second kappa shape index (κ2) is 20.0. The second-order valence-corrected chi connectivity index (χ2v) is 14.5. The molecular formula is C24H40N7O8P3. The number of aliphatic hydroxyl groups excluding tert-OH is 2. The number of unbranched alkanes of at least 4 members (excludes halogenated alkanes) is 2. The third-order valence-corrected chi connectivity index (χ3v) is 8.84. The number of rotatable bonds is 20. The SMILES string of the molecule is CCC(=O)CCCCCNC(=O)CCC(CCC(=O)Nc1ccn([C@@H]2O[C@H](COPPP)C(O)[C@@H]2O)c(=O)n1)N=[N+]=[N-]. The zero-order chi connectivity index (χ0) is 30.9. The Labute approximate surface area is 249 Å². The average molecular weight is 648 g/mol. The van der Waals surface area contributed by atoms with Crippen molar-refractivity contribution < 1.29 is 33.9 Å². The van der Waals surface area contributed by atoms with E-state index in [1.54, 1.807) is 0 Å². The molecule has 5 unspecified atom stereocenters. The van der Waals surface area contributed by atoms with E-state index in [0.29, 0.717) is 27.3 Å². The molecule has 2 rings (SSSR count). The smallest absolute Gasteiger partial charge is 0.351 e. The van der Waals surface area contributed by atoms with Gasteiger partial charge in [-0.3, -0.25) is 19.0 Å². The van der Waals surface area contributed by atoms with Gasteiger partial charge in [0, 0.05) is 57.9 Å². The molecular weight excluding hydrogens is 607 g/mol. The number of carbonyl (C=O) groups excluding carboxylic acids is 3. The van der Waals surface area contributed by atoms with Gasteiger partial charge in [0.15, 0.2) is 6.23 Å². The van der Waals surface area contributed by atoms with Gasteiger partial charge in [0.05, 0.1) is 6.61 Å². The van der Waals surface area contributed by atoms with Crippen LogP contribution in [0.5, 0.6) is 0 Å². The molecule has 1 fully saturated rings. The van der Waals surface area contributed by atoms with Crippen LogP contribution >= 0.6 is 25.4 Å². The van der Waals surface area contributed by atoms with E-state index in [1.807, 2.05) is 6.92 Å². The van der Waals surface area contributed by atoms with Crippen molar-refractivity contribution >= 4 is 48.8 Å². The number of ketones is 1. The van der Waals surface area contributed by atoms with E-state index < -0.39 is 42.2 Å². The van der Waals surface area contributed by atoms with Crippen LogP contribution in [0, 0.1) is 0 Å². The molecule has 4 N–H and O–H groups in total. The van der Waals surface area contributed by atoms with Crippen LogP contribution in [-0.2, 0) is 23.6 Å². The van der Waals surface area contributed by atoms with Gasteiger partial charge in [-0.05, 0) is 37.3 Å². The molecule has 1 aromatic rings. The first-order valence-electron chi connectivity index (χ1n) is 13.8. The molecule has 0 radical (unpaired) electrons. The molecule has 1 aromatic heterocycles. The lowest BCUT2D eigenvalue weighted by molar-refractivity contribution is -0.121. The zero-order valence-electron chi connectivity index (χ0n) is 23.5. The highest BCUT2D eigenvalue weighted by molar-refractivity contribution is 8.37. The van der Waals surface area contributed by atoms with E-state index in [4.69, 9.17) is 14.8 Å². The molecule has 0 aromatic carbocycles. The Hall–Kier alpha value is -2.07. The number of ether oxygens (including phenoxy) is 1. The van der Waals surface area contributed by atoms with Gasteiger partial charge in [-0.2, -0.15) is 4.98 Å². The van der Waals surface area contributed by atoms with Gasteiger partial charge in [0.25, 0.3) is 0 Å². The highest BCUT2D eigenvalue weighted by Gasteiger charge is 2.44. The van der Waals surface area contributed by atoms with Crippen molar-refractivity contribution in [2.24, 2.45) is 5.11 Å². The average Bonchev–Trinajstić information content (AvgIpc) is 3.24. The minimum atomic E-state index is -1.37. The quantitative estimate of drug-likeness (QED) is 0.0537. The number of anilines is 1. The van der Waals surface area contributed by atoms with Crippen LogP contribution in [0.1, 0.15) is 70.9 Å². The molecule has 0 bridgehead atoms. The lowest BCUT2D eigenvalue weighted by atomic mass is 10.1. The molecule has 234 valence electrons. The van der Waals surface area contributed by atoms with Crippen LogP contribution in [-0.4, -0.2) is 74.9 Å². The predicted molar refractivity (Wildman–Crippen MR) is 164 cm³/mol. The fourth-order valence-corrected chi connectivity index (χ4v) is 5.77. The van der Waals surface area contributed by atoms with E-state index >= 15 is 0 Å². The maximum Gasteiger partial charge on any atom is 0.351 e. The first-order valence-corrected chi connectivity index (χ1v) is 18.5. The lowest BCUT2D eigenvalue weighted by Gasteiger charge is -2.17. The summed E-state index contributed by atoms with van der Waals surface area (Å²) < 4.78 is 12.1. The molecule has 2 heterocycles. The summed E-state index contributed by atoms with van der Waals surface area (Å²) in [6.07, 6.45) is 0.767. The number of azide groups is 1. The Morgan fingerprint density at radius 1 is 1.21 bits per heavy atom. The maximum absolute atomic E-state index is 12.6. The number of carbonyl (C=O) groups is 3. The van der Waals surface area contributed by atoms with E-state index in [-0.39, 0.29) is 58.3 Å². The summed E-state index contributed by atoms with van der Waals surface area (Å²) in [7, 11) is 3.26. The number of hydrogen-bond donors (Lipinski definition) is 4. The minimum Gasteiger partial charge on any atom is -0.387 e. The van der Waals surface area contributed by atoms with Crippen molar-refractivity contribution in [2.45, 2.75) is 95.3 Å². The van der Waals surface area contributed by atoms with Gasteiger partial charge in [-0.15, -0.1) is 8.93 Å². The van der Waals surface area contributed by atoms with E-state index in [2.05, 4.69) is 34.6 Å². The molecule has 1 aliphatic rings. The van der Waals surface area contributed by atoms with Crippen LogP contribution in [0.2, 0.25) is 0 Å². The number of Topliss-reactive ketones (excluding diaryl/α,β-unsaturated/α-hetero) is 1. The van der Waals surface area contributed by atoms with Crippen molar-refractivity contribution in [3.05, 3.63) is 33.2 Å². The molecule has 15 nitrogen and oxygen atoms in total. The molecule has 18 heteroatoms. The topological polar surface area (TPSA) is 218 Å². The summed E-state index contributed by atoms with van der Waals surface area (Å²) in [5.41, 5.74) is 8.07. The third-order valence-electron chi connectivity index (χ3n) is 6.56. The van der Waals surface area contributed by atoms with Crippen LogP contribution in [0.15, 0.2) is 22.2 Å². The van der Waals surface area contributed by atoms with Crippen molar-refractivity contribution in [1.29, 1.82) is 0 Å². The normalized spacial score (nSPS) is 21.0. The number of amides is 2. The van der Waals surface area contributed by atoms with Crippen LogP contribution < -0.4 is 16.3 Å². The molecule has 42 heavy (non-hydrogen) atoms. The molecule has 0 saturated carbocycles. The van der Waals surface area contributed by atoms with Gasteiger partial charge in [0.2, 0.25) is 11.8 Å². The summed E-state index contributed by atoms with van der Waals surface area (Å²) in [6.45, 7) is 2.40. The van der Waals surface area contributed by atoms with E-state index in [1.165, 1.54) is 12.3 Å². The third kappa shape index (κ3) is 12.7. The standard InChI is InChI=1S/C24H40N7O8P3/c1-2-16(32)6-4-3-5-12-26-19(33)9-7-15(29-30-25)8-10-20(34)27-18-11-13-31(24(37)28-18)23-22(36)21(35)17(39-23)14-38-41-42-40/h11,13,15,17,21-23,35-36,41-42H,2-10,12,14,40H2,1H3,(H,26,33)(H,27,28,34,37)/t15?,17-,21?,22+,23-/m1/s1. The van der Waals surface area contributed by atoms with Crippen LogP contribution in [0.3, 0.4) is 0 Å². The molecule has 1 saturated heterocycles. The van der Waals surface area contributed by atoms with Crippen molar-refractivity contribution in [3.8, 4) is 0 Å². The zero-order valence-corrected chi connectivity index (χ0v) is 26.6. The van der Waals surface area contributed by atoms with Gasteiger partial charge < -0.3 is 30.1 Å². The number of hydrogen-bond acceptors (Lipinski definition) is 10. The fraction of sp³-hybridized carbons (Fsp3) is 0.708. The summed E-state index contributed by atoms with van der Waals surface area (Å²) in [5, 5.41) is 29.6. The number of nitrogens with one attached hydrogen (secondary N) is 2. The maximum atomic E-state index is 12.6.